The zero-order chi connectivity index (χ0) is 14.4. The number of hydrogen-bond donors (Lipinski definition) is 3. The van der Waals surface area contributed by atoms with Crippen LogP contribution in [0.1, 0.15) is 10.4 Å². The Morgan fingerprint density at radius 3 is 2.58 bits per heavy atom. The highest BCUT2D eigenvalue weighted by molar-refractivity contribution is 5.94. The van der Waals surface area contributed by atoms with Crippen LogP contribution in [0.5, 0.6) is 0 Å². The molecule has 0 atom stereocenters. The normalized spacial score (nSPS) is 9.68. The van der Waals surface area contributed by atoms with Gasteiger partial charge >= 0.3 is 6.09 Å². The molecule has 0 saturated carbocycles. The molecule has 1 aromatic carbocycles. The summed E-state index contributed by atoms with van der Waals surface area (Å²) in [6, 6.07) is 3.67. The number of nitrogens with one attached hydrogen (secondary N) is 1. The zero-order valence-electron chi connectivity index (χ0n) is 9.79. The van der Waals surface area contributed by atoms with Gasteiger partial charge in [0.25, 0.3) is 5.69 Å². The first kappa shape index (κ1) is 14.2. The van der Waals surface area contributed by atoms with Crippen LogP contribution in [0.2, 0.25) is 0 Å². The van der Waals surface area contributed by atoms with E-state index in [2.05, 4.69) is 10.1 Å². The predicted octanol–water partition coefficient (Wildman–Crippen LogP) is 0.201. The Balaban J connectivity index is 2.82. The van der Waals surface area contributed by atoms with Crippen LogP contribution in [-0.4, -0.2) is 30.1 Å². The Kier molecular flexibility index (Phi) is 4.63. The van der Waals surface area contributed by atoms with Crippen LogP contribution in [0.25, 0.3) is 0 Å². The van der Waals surface area contributed by atoms with E-state index in [-0.39, 0.29) is 30.1 Å². The minimum Gasteiger partial charge on any atom is -0.448 e. The van der Waals surface area contributed by atoms with Crippen LogP contribution in [0.3, 0.4) is 0 Å². The summed E-state index contributed by atoms with van der Waals surface area (Å²) >= 11 is 0. The summed E-state index contributed by atoms with van der Waals surface area (Å²) < 4.78 is 4.46. The molecule has 2 amide bonds. The number of nitrogens with zero attached hydrogens (tertiary/aromatic N) is 1. The Labute approximate surface area is 107 Å². The summed E-state index contributed by atoms with van der Waals surface area (Å²) in [6.07, 6.45) is -0.942. The highest BCUT2D eigenvalue weighted by atomic mass is 16.6. The minimum atomic E-state index is -0.942. The van der Waals surface area contributed by atoms with Gasteiger partial charge in [-0.15, -0.1) is 0 Å². The van der Waals surface area contributed by atoms with E-state index in [1.807, 2.05) is 0 Å². The molecule has 0 spiro atoms. The lowest BCUT2D eigenvalue weighted by molar-refractivity contribution is -0.384. The van der Waals surface area contributed by atoms with Crippen molar-refractivity contribution in [2.24, 2.45) is 11.5 Å². The molecule has 0 fully saturated rings. The molecule has 1 rings (SSSR count). The van der Waals surface area contributed by atoms with Crippen LogP contribution in [0.15, 0.2) is 18.2 Å². The number of benzene rings is 1. The second kappa shape index (κ2) is 6.19. The number of anilines is 1. The number of nitrogens with two attached hydrogens (primary N) is 2. The number of carbonyl (C=O) groups excluding carboxylic acids is 2. The van der Waals surface area contributed by atoms with Gasteiger partial charge in [0, 0.05) is 18.2 Å². The van der Waals surface area contributed by atoms with Crippen molar-refractivity contribution < 1.29 is 19.2 Å². The van der Waals surface area contributed by atoms with Gasteiger partial charge in [0.2, 0.25) is 5.91 Å². The van der Waals surface area contributed by atoms with E-state index >= 15 is 0 Å². The topological polar surface area (TPSA) is 151 Å². The highest BCUT2D eigenvalue weighted by Crippen LogP contribution is 2.25. The third-order valence-corrected chi connectivity index (χ3v) is 2.14. The summed E-state index contributed by atoms with van der Waals surface area (Å²) in [5.74, 6) is -0.702. The number of amides is 2. The van der Waals surface area contributed by atoms with E-state index in [4.69, 9.17) is 11.5 Å². The minimum absolute atomic E-state index is 0.0622. The molecule has 102 valence electrons. The number of rotatable bonds is 6. The molecule has 0 unspecified atom stereocenters. The van der Waals surface area contributed by atoms with Gasteiger partial charge in [-0.25, -0.2) is 4.79 Å². The van der Waals surface area contributed by atoms with Gasteiger partial charge in [0.05, 0.1) is 4.92 Å². The van der Waals surface area contributed by atoms with E-state index in [9.17, 15) is 19.7 Å². The van der Waals surface area contributed by atoms with Gasteiger partial charge in [-0.3, -0.25) is 14.9 Å². The van der Waals surface area contributed by atoms with Gasteiger partial charge in [-0.1, -0.05) is 0 Å². The Morgan fingerprint density at radius 1 is 1.37 bits per heavy atom. The fraction of sp³-hybridized carbons (Fsp3) is 0.200. The second-order valence-corrected chi connectivity index (χ2v) is 3.45. The standard InChI is InChI=1S/C10H12N4O5/c11-9(15)6-1-2-8(14(17)18)7(5-6)13-3-4-19-10(12)16/h1-2,5,13H,3-4H2,(H2,11,15)(H2,12,16). The largest absolute Gasteiger partial charge is 0.448 e. The molecule has 0 radical (unpaired) electrons. The van der Waals surface area contributed by atoms with Crippen molar-refractivity contribution in [1.29, 1.82) is 0 Å². The first-order chi connectivity index (χ1) is 8.91. The Morgan fingerprint density at radius 2 is 2.05 bits per heavy atom. The lowest BCUT2D eigenvalue weighted by Gasteiger charge is -2.08. The number of ether oxygens (including phenoxy) is 1. The lowest BCUT2D eigenvalue weighted by atomic mass is 10.1. The summed E-state index contributed by atoms with van der Waals surface area (Å²) in [7, 11) is 0. The first-order valence-corrected chi connectivity index (χ1v) is 5.16. The quantitative estimate of drug-likeness (QED) is 0.381. The van der Waals surface area contributed by atoms with Crippen LogP contribution in [0, 0.1) is 10.1 Å². The molecular weight excluding hydrogens is 256 g/mol. The number of hydrogen-bond acceptors (Lipinski definition) is 6. The molecule has 5 N–H and O–H groups in total. The number of carbonyl (C=O) groups is 2. The van der Waals surface area contributed by atoms with Crippen LogP contribution in [0.4, 0.5) is 16.2 Å². The maximum atomic E-state index is 11.0. The summed E-state index contributed by atoms with van der Waals surface area (Å²) in [6.45, 7) is 0.0410. The van der Waals surface area contributed by atoms with Crippen molar-refractivity contribution in [1.82, 2.24) is 0 Å². The van der Waals surface area contributed by atoms with E-state index in [0.717, 1.165) is 6.07 Å². The highest BCUT2D eigenvalue weighted by Gasteiger charge is 2.15. The van der Waals surface area contributed by atoms with E-state index in [0.29, 0.717) is 0 Å². The smallest absolute Gasteiger partial charge is 0.404 e. The average molecular weight is 268 g/mol. The molecule has 0 aliphatic heterocycles. The lowest BCUT2D eigenvalue weighted by Crippen LogP contribution is -2.19. The summed E-state index contributed by atoms with van der Waals surface area (Å²) in [5, 5.41) is 13.5. The van der Waals surface area contributed by atoms with Crippen LogP contribution >= 0.6 is 0 Å². The molecule has 0 aliphatic rings. The van der Waals surface area contributed by atoms with E-state index in [1.165, 1.54) is 12.1 Å². The van der Waals surface area contributed by atoms with Gasteiger partial charge in [-0.2, -0.15) is 0 Å². The Hall–Kier alpha value is -2.84. The molecule has 0 saturated heterocycles. The maximum Gasteiger partial charge on any atom is 0.404 e. The molecule has 0 bridgehead atoms. The number of nitro benzene ring substituents is 1. The molecule has 0 aliphatic carbocycles. The zero-order valence-corrected chi connectivity index (χ0v) is 9.79. The van der Waals surface area contributed by atoms with Crippen LogP contribution < -0.4 is 16.8 Å². The second-order valence-electron chi connectivity index (χ2n) is 3.45. The van der Waals surface area contributed by atoms with Crippen molar-refractivity contribution >= 4 is 23.4 Å². The van der Waals surface area contributed by atoms with Gasteiger partial charge in [0.15, 0.2) is 0 Å². The monoisotopic (exact) mass is 268 g/mol. The SMILES string of the molecule is NC(=O)OCCNc1cc(C(N)=O)ccc1[N+](=O)[O-]. The van der Waals surface area contributed by atoms with E-state index in [1.54, 1.807) is 0 Å². The van der Waals surface area contributed by atoms with Crippen molar-refractivity contribution in [3.05, 3.63) is 33.9 Å². The number of primary amides is 2. The molecule has 0 heterocycles. The van der Waals surface area contributed by atoms with Gasteiger partial charge < -0.3 is 21.5 Å². The van der Waals surface area contributed by atoms with Crippen molar-refractivity contribution in [3.63, 3.8) is 0 Å². The fourth-order valence-electron chi connectivity index (χ4n) is 1.33. The first-order valence-electron chi connectivity index (χ1n) is 5.16. The summed E-state index contributed by atoms with van der Waals surface area (Å²) in [5.41, 5.74) is 9.85. The molecule has 9 nitrogen and oxygen atoms in total. The molecule has 0 aromatic heterocycles. The van der Waals surface area contributed by atoms with Gasteiger partial charge in [0.1, 0.15) is 12.3 Å². The van der Waals surface area contributed by atoms with Crippen molar-refractivity contribution in [2.45, 2.75) is 0 Å². The van der Waals surface area contributed by atoms with E-state index < -0.39 is 16.9 Å². The van der Waals surface area contributed by atoms with Crippen molar-refractivity contribution in [2.75, 3.05) is 18.5 Å². The predicted molar refractivity (Wildman–Crippen MR) is 65.6 cm³/mol. The van der Waals surface area contributed by atoms with Crippen molar-refractivity contribution in [3.8, 4) is 0 Å². The van der Waals surface area contributed by atoms with Crippen LogP contribution in [-0.2, 0) is 4.74 Å². The Bertz CT molecular complexity index is 517. The molecule has 9 heteroatoms. The maximum absolute atomic E-state index is 11.0. The molecule has 19 heavy (non-hydrogen) atoms. The number of nitro groups is 1. The summed E-state index contributed by atoms with van der Waals surface area (Å²) in [4.78, 5) is 31.5. The molecular formula is C10H12N4O5. The van der Waals surface area contributed by atoms with Gasteiger partial charge in [-0.05, 0) is 12.1 Å². The third-order valence-electron chi connectivity index (χ3n) is 2.14. The fourth-order valence-corrected chi connectivity index (χ4v) is 1.33. The third kappa shape index (κ3) is 4.15. The molecule has 1 aromatic rings. The average Bonchev–Trinajstić information content (AvgIpc) is 2.33.